The van der Waals surface area contributed by atoms with Crippen LogP contribution in [0.15, 0.2) is 35.5 Å². The zero-order chi connectivity index (χ0) is 17.4. The van der Waals surface area contributed by atoms with Crippen molar-refractivity contribution in [3.63, 3.8) is 0 Å². The first-order valence-corrected chi connectivity index (χ1v) is 8.76. The van der Waals surface area contributed by atoms with Crippen LogP contribution in [0.4, 0.5) is 4.39 Å². The lowest BCUT2D eigenvalue weighted by molar-refractivity contribution is 0.0844. The van der Waals surface area contributed by atoms with Crippen molar-refractivity contribution in [2.24, 2.45) is 4.99 Å². The molecular formula is C17H19ClFN5O. The van der Waals surface area contributed by atoms with Gasteiger partial charge in [0.2, 0.25) is 0 Å². The quantitative estimate of drug-likeness (QED) is 0.675. The molecule has 4 N–H and O–H groups in total. The molecule has 132 valence electrons. The highest BCUT2D eigenvalue weighted by molar-refractivity contribution is 6.31. The lowest BCUT2D eigenvalue weighted by Crippen LogP contribution is -2.55. The molecule has 8 heteroatoms. The zero-order valence-corrected chi connectivity index (χ0v) is 14.2. The van der Waals surface area contributed by atoms with Crippen LogP contribution in [0.1, 0.15) is 31.2 Å². The van der Waals surface area contributed by atoms with Crippen LogP contribution in [-0.2, 0) is 0 Å². The number of halogens is 2. The number of nitrogens with zero attached hydrogens (tertiary/aromatic N) is 2. The third-order valence-electron chi connectivity index (χ3n) is 4.74. The van der Waals surface area contributed by atoms with Gasteiger partial charge in [0, 0.05) is 29.4 Å². The number of pyridine rings is 1. The Morgan fingerprint density at radius 2 is 2.16 bits per heavy atom. The number of aliphatic hydroxyl groups is 1. The number of H-pyrrole nitrogens is 1. The summed E-state index contributed by atoms with van der Waals surface area (Å²) < 4.78 is 14.2. The average Bonchev–Trinajstić information content (AvgIpc) is 3.02. The molecule has 1 aliphatic heterocycles. The van der Waals surface area contributed by atoms with Crippen molar-refractivity contribution in [3.05, 3.63) is 41.1 Å². The van der Waals surface area contributed by atoms with Gasteiger partial charge in [-0.3, -0.25) is 5.32 Å². The van der Waals surface area contributed by atoms with Crippen LogP contribution in [-0.4, -0.2) is 39.2 Å². The molecule has 2 aliphatic rings. The molecule has 0 saturated heterocycles. The van der Waals surface area contributed by atoms with E-state index in [2.05, 4.69) is 25.6 Å². The number of aromatic amines is 1. The molecule has 2 aromatic heterocycles. The van der Waals surface area contributed by atoms with E-state index >= 15 is 0 Å². The lowest BCUT2D eigenvalue weighted by Gasteiger charge is -2.33. The van der Waals surface area contributed by atoms with E-state index in [1.807, 2.05) is 0 Å². The summed E-state index contributed by atoms with van der Waals surface area (Å²) >= 11 is 6.03. The van der Waals surface area contributed by atoms with Crippen LogP contribution in [0.25, 0.3) is 11.0 Å². The number of aromatic nitrogens is 2. The van der Waals surface area contributed by atoms with E-state index in [9.17, 15) is 9.50 Å². The molecule has 0 radical (unpaired) electrons. The van der Waals surface area contributed by atoms with Crippen molar-refractivity contribution in [2.45, 2.75) is 44.0 Å². The minimum Gasteiger partial charge on any atom is -0.392 e. The number of nitrogens with one attached hydrogen (secondary N) is 3. The number of aliphatic hydroxyl groups excluding tert-OH is 1. The van der Waals surface area contributed by atoms with Gasteiger partial charge in [-0.1, -0.05) is 24.4 Å². The van der Waals surface area contributed by atoms with Crippen LogP contribution in [0.5, 0.6) is 0 Å². The van der Waals surface area contributed by atoms with Gasteiger partial charge >= 0.3 is 0 Å². The Balaban J connectivity index is 1.58. The summed E-state index contributed by atoms with van der Waals surface area (Å²) in [6.45, 7) is 0. The van der Waals surface area contributed by atoms with Crippen molar-refractivity contribution in [2.75, 3.05) is 0 Å². The Bertz CT molecular complexity index is 849. The van der Waals surface area contributed by atoms with Crippen molar-refractivity contribution < 1.29 is 9.50 Å². The fourth-order valence-corrected chi connectivity index (χ4v) is 3.56. The number of rotatable bonds is 3. The van der Waals surface area contributed by atoms with Crippen LogP contribution in [0.3, 0.4) is 0 Å². The summed E-state index contributed by atoms with van der Waals surface area (Å²) in [5.41, 5.74) is 1.45. The SMILES string of the molecule is OC1CCCCC1NC1NC(c2c[nH]c3ncc(Cl)cc23)=NC=C1F. The number of hydrogen-bond donors (Lipinski definition) is 4. The standard InChI is InChI=1S/C17H19ClFN5O/c18-9-5-10-11(7-21-15(10)20-6-9)16-22-8-12(19)17(24-16)23-13-3-1-2-4-14(13)25/h5-8,13-14,17,23,25H,1-4H2,(H,20,21)(H,22,24). The fraction of sp³-hybridized carbons (Fsp3) is 0.412. The number of hydrogen-bond acceptors (Lipinski definition) is 5. The minimum absolute atomic E-state index is 0.135. The Kier molecular flexibility index (Phi) is 4.45. The van der Waals surface area contributed by atoms with E-state index in [0.29, 0.717) is 16.5 Å². The summed E-state index contributed by atoms with van der Waals surface area (Å²) in [6.07, 6.45) is 6.96. The molecule has 0 bridgehead atoms. The predicted molar refractivity (Wildman–Crippen MR) is 95.2 cm³/mol. The maximum Gasteiger partial charge on any atom is 0.155 e. The first-order valence-electron chi connectivity index (χ1n) is 8.39. The van der Waals surface area contributed by atoms with Crippen LogP contribution < -0.4 is 10.6 Å². The summed E-state index contributed by atoms with van der Waals surface area (Å²) in [5, 5.41) is 17.7. The molecule has 0 amide bonds. The Morgan fingerprint density at radius 1 is 1.32 bits per heavy atom. The molecule has 1 aliphatic carbocycles. The largest absolute Gasteiger partial charge is 0.392 e. The van der Waals surface area contributed by atoms with Crippen LogP contribution in [0.2, 0.25) is 5.02 Å². The van der Waals surface area contributed by atoms with Crippen molar-refractivity contribution in [3.8, 4) is 0 Å². The van der Waals surface area contributed by atoms with Crippen LogP contribution >= 0.6 is 11.6 Å². The van der Waals surface area contributed by atoms with Gasteiger partial charge in [0.05, 0.1) is 17.3 Å². The Hall–Kier alpha value is -1.96. The summed E-state index contributed by atoms with van der Waals surface area (Å²) in [7, 11) is 0. The highest BCUT2D eigenvalue weighted by Gasteiger charge is 2.29. The maximum atomic E-state index is 14.2. The minimum atomic E-state index is -0.720. The highest BCUT2D eigenvalue weighted by Crippen LogP contribution is 2.23. The third kappa shape index (κ3) is 3.27. The first kappa shape index (κ1) is 16.5. The first-order chi connectivity index (χ1) is 12.1. The van der Waals surface area contributed by atoms with E-state index < -0.39 is 18.1 Å². The smallest absolute Gasteiger partial charge is 0.155 e. The van der Waals surface area contributed by atoms with Gasteiger partial charge in [-0.05, 0) is 18.9 Å². The molecule has 0 spiro atoms. The van der Waals surface area contributed by atoms with Gasteiger partial charge in [0.1, 0.15) is 17.6 Å². The van der Waals surface area contributed by atoms with Gasteiger partial charge < -0.3 is 15.4 Å². The second-order valence-electron chi connectivity index (χ2n) is 6.45. The second-order valence-corrected chi connectivity index (χ2v) is 6.88. The molecule has 2 aromatic rings. The van der Waals surface area contributed by atoms with Gasteiger partial charge in [-0.15, -0.1) is 0 Å². The van der Waals surface area contributed by atoms with E-state index in [1.54, 1.807) is 18.5 Å². The normalized spacial score (nSPS) is 26.9. The van der Waals surface area contributed by atoms with Gasteiger partial charge in [-0.2, -0.15) is 0 Å². The van der Waals surface area contributed by atoms with Crippen molar-refractivity contribution >= 4 is 28.5 Å². The van der Waals surface area contributed by atoms with E-state index in [-0.39, 0.29) is 6.04 Å². The molecule has 1 fully saturated rings. The van der Waals surface area contributed by atoms with E-state index in [0.717, 1.165) is 36.6 Å². The maximum absolute atomic E-state index is 14.2. The predicted octanol–water partition coefficient (Wildman–Crippen LogP) is 2.60. The third-order valence-corrected chi connectivity index (χ3v) is 4.94. The molecule has 3 unspecified atom stereocenters. The average molecular weight is 364 g/mol. The highest BCUT2D eigenvalue weighted by atomic mass is 35.5. The monoisotopic (exact) mass is 363 g/mol. The van der Waals surface area contributed by atoms with Crippen molar-refractivity contribution in [1.29, 1.82) is 0 Å². The molecule has 3 heterocycles. The topological polar surface area (TPSA) is 85.3 Å². The van der Waals surface area contributed by atoms with Gasteiger partial charge in [-0.25, -0.2) is 14.4 Å². The lowest BCUT2D eigenvalue weighted by atomic mass is 9.92. The molecule has 4 rings (SSSR count). The summed E-state index contributed by atoms with van der Waals surface area (Å²) in [4.78, 5) is 11.5. The number of fused-ring (bicyclic) bond motifs is 1. The molecule has 1 saturated carbocycles. The summed E-state index contributed by atoms with van der Waals surface area (Å²) in [6, 6.07) is 1.66. The van der Waals surface area contributed by atoms with Gasteiger partial charge in [0.25, 0.3) is 0 Å². The molecule has 25 heavy (non-hydrogen) atoms. The molecule has 0 aromatic carbocycles. The van der Waals surface area contributed by atoms with E-state index in [4.69, 9.17) is 11.6 Å². The Labute approximate surface area is 149 Å². The van der Waals surface area contributed by atoms with Crippen molar-refractivity contribution in [1.82, 2.24) is 20.6 Å². The fourth-order valence-electron chi connectivity index (χ4n) is 3.41. The van der Waals surface area contributed by atoms with Crippen LogP contribution in [0, 0.1) is 0 Å². The zero-order valence-electron chi connectivity index (χ0n) is 13.5. The van der Waals surface area contributed by atoms with E-state index in [1.165, 1.54) is 6.20 Å². The molecule has 6 nitrogen and oxygen atoms in total. The second kappa shape index (κ2) is 6.74. The number of amidine groups is 1. The summed E-state index contributed by atoms with van der Waals surface area (Å²) in [5.74, 6) is 0.122. The van der Waals surface area contributed by atoms with Gasteiger partial charge in [0.15, 0.2) is 5.83 Å². The molecule has 3 atom stereocenters. The Morgan fingerprint density at radius 3 is 3.00 bits per heavy atom. The molecular weight excluding hydrogens is 345 g/mol. The number of aliphatic imine (C=N–C) groups is 1.